The molecule has 4 aliphatic carbocycles. The molecule has 1 amide bonds. The van der Waals surface area contributed by atoms with E-state index in [1.807, 2.05) is 24.3 Å². The van der Waals surface area contributed by atoms with E-state index in [2.05, 4.69) is 36.0 Å². The van der Waals surface area contributed by atoms with Crippen LogP contribution in [0.15, 0.2) is 34.5 Å². The number of para-hydroxylation sites is 1. The minimum atomic E-state index is -0.264. The first-order chi connectivity index (χ1) is 18.6. The molecule has 0 bridgehead atoms. The fourth-order valence-corrected chi connectivity index (χ4v) is 10.1. The van der Waals surface area contributed by atoms with Gasteiger partial charge in [-0.3, -0.25) is 4.79 Å². The highest BCUT2D eigenvalue weighted by Crippen LogP contribution is 2.68. The Morgan fingerprint density at radius 3 is 2.62 bits per heavy atom. The molecule has 7 heteroatoms. The van der Waals surface area contributed by atoms with Crippen molar-refractivity contribution in [2.24, 2.45) is 56.6 Å². The van der Waals surface area contributed by atoms with Gasteiger partial charge in [0.05, 0.1) is 17.7 Å². The summed E-state index contributed by atoms with van der Waals surface area (Å²) in [7, 11) is 0. The molecule has 0 unspecified atom stereocenters. The predicted octanol–water partition coefficient (Wildman–Crippen LogP) is 6.89. The van der Waals surface area contributed by atoms with Crippen molar-refractivity contribution in [1.82, 2.24) is 4.98 Å². The van der Waals surface area contributed by atoms with Crippen LogP contribution in [0.3, 0.4) is 0 Å². The Morgan fingerprint density at radius 2 is 1.79 bits per heavy atom. The number of benzene rings is 1. The SMILES string of the molecule is C[C@H](CCC(=O)N=Nc1c(O)[nH]c2ccccc12)[C@H]1CC[C@H]2[C@@H]3[C@H](O)C[C@@H]4C[C@@H](O)CC[C@]4(C)[C@H]3CC[C@]12C. The molecule has 7 nitrogen and oxygen atoms in total. The van der Waals surface area contributed by atoms with Crippen molar-refractivity contribution >= 4 is 22.5 Å². The zero-order valence-corrected chi connectivity index (χ0v) is 23.6. The van der Waals surface area contributed by atoms with E-state index in [-0.39, 0.29) is 34.8 Å². The smallest absolute Gasteiger partial charge is 0.264 e. The predicted molar refractivity (Wildman–Crippen MR) is 150 cm³/mol. The average molecular weight is 536 g/mol. The van der Waals surface area contributed by atoms with Crippen LogP contribution in [-0.4, -0.2) is 38.4 Å². The van der Waals surface area contributed by atoms with Gasteiger partial charge in [0.2, 0.25) is 5.88 Å². The molecule has 1 heterocycles. The molecule has 4 saturated carbocycles. The van der Waals surface area contributed by atoms with Crippen molar-refractivity contribution < 1.29 is 20.1 Å². The summed E-state index contributed by atoms with van der Waals surface area (Å²) in [5, 5.41) is 40.8. The summed E-state index contributed by atoms with van der Waals surface area (Å²) in [6.45, 7) is 7.22. The Bertz CT molecular complexity index is 1260. The van der Waals surface area contributed by atoms with E-state index in [4.69, 9.17) is 0 Å². The number of azo groups is 1. The summed E-state index contributed by atoms with van der Waals surface area (Å²) in [5.74, 6) is 2.48. The van der Waals surface area contributed by atoms with Gasteiger partial charge in [0.15, 0.2) is 5.69 Å². The van der Waals surface area contributed by atoms with Crippen LogP contribution in [0, 0.1) is 46.3 Å². The molecule has 4 fully saturated rings. The second-order valence-corrected chi connectivity index (χ2v) is 13.9. The number of carbonyl (C=O) groups is 1. The maximum Gasteiger partial charge on any atom is 0.264 e. The Balaban J connectivity index is 1.11. The van der Waals surface area contributed by atoms with Crippen molar-refractivity contribution in [3.8, 4) is 5.88 Å². The summed E-state index contributed by atoms with van der Waals surface area (Å²) in [5.41, 5.74) is 1.51. The summed E-state index contributed by atoms with van der Waals surface area (Å²) >= 11 is 0. The molecule has 4 N–H and O–H groups in total. The van der Waals surface area contributed by atoms with Gasteiger partial charge in [-0.2, -0.15) is 0 Å². The molecule has 6 rings (SSSR count). The van der Waals surface area contributed by atoms with Crippen molar-refractivity contribution in [2.45, 2.75) is 97.2 Å². The van der Waals surface area contributed by atoms with Crippen LogP contribution in [0.25, 0.3) is 10.9 Å². The molecule has 0 spiro atoms. The van der Waals surface area contributed by atoms with Crippen LogP contribution in [0.5, 0.6) is 5.88 Å². The Morgan fingerprint density at radius 1 is 1.05 bits per heavy atom. The van der Waals surface area contributed by atoms with Gasteiger partial charge in [-0.25, -0.2) is 0 Å². The summed E-state index contributed by atoms with van der Waals surface area (Å²) in [4.78, 5) is 15.6. The van der Waals surface area contributed by atoms with Gasteiger partial charge >= 0.3 is 0 Å². The zero-order chi connectivity index (χ0) is 27.5. The van der Waals surface area contributed by atoms with Gasteiger partial charge in [0.1, 0.15) is 0 Å². The molecule has 4 aliphatic rings. The Hall–Kier alpha value is -2.25. The third-order valence-corrected chi connectivity index (χ3v) is 12.2. The monoisotopic (exact) mass is 535 g/mol. The Labute approximate surface area is 231 Å². The molecule has 2 aromatic rings. The van der Waals surface area contributed by atoms with Gasteiger partial charge < -0.3 is 20.3 Å². The van der Waals surface area contributed by atoms with E-state index in [0.29, 0.717) is 47.6 Å². The number of aromatic nitrogens is 1. The standard InChI is InChI=1S/C32H45N3O4/c1-18(8-11-27(38)34-35-29-21-6-4-5-7-25(21)33-30(29)39)22-9-10-23-28-24(13-15-32(22,23)3)31(2)14-12-20(36)16-19(31)17-26(28)37/h4-7,18-20,22-24,26,28,33,36-37,39H,8-17H2,1-3H3/t18-,19+,20+,22-,23+,24+,26-,28+,31+,32-/m1/s1. The molecule has 10 atom stereocenters. The number of rotatable bonds is 5. The van der Waals surface area contributed by atoms with E-state index in [9.17, 15) is 20.1 Å². The molecule has 212 valence electrons. The molecule has 1 aromatic heterocycles. The fourth-order valence-electron chi connectivity index (χ4n) is 10.1. The van der Waals surface area contributed by atoms with Gasteiger partial charge in [0, 0.05) is 11.8 Å². The maximum absolute atomic E-state index is 12.7. The van der Waals surface area contributed by atoms with Crippen LogP contribution in [0.4, 0.5) is 5.69 Å². The fraction of sp³-hybridized carbons (Fsp3) is 0.719. The van der Waals surface area contributed by atoms with E-state index < -0.39 is 0 Å². The molecule has 0 radical (unpaired) electrons. The first-order valence-corrected chi connectivity index (χ1v) is 15.2. The van der Waals surface area contributed by atoms with Crippen molar-refractivity contribution in [3.05, 3.63) is 24.3 Å². The molecule has 0 aliphatic heterocycles. The number of amides is 1. The number of fused-ring (bicyclic) bond motifs is 6. The second kappa shape index (κ2) is 9.99. The molecule has 1 aromatic carbocycles. The first kappa shape index (κ1) is 26.9. The van der Waals surface area contributed by atoms with E-state index in [1.165, 1.54) is 19.3 Å². The topological polar surface area (TPSA) is 118 Å². The van der Waals surface area contributed by atoms with Crippen molar-refractivity contribution in [1.29, 1.82) is 0 Å². The minimum Gasteiger partial charge on any atom is -0.493 e. The van der Waals surface area contributed by atoms with E-state index in [1.54, 1.807) is 0 Å². The third-order valence-electron chi connectivity index (χ3n) is 12.2. The number of aliphatic hydroxyl groups is 2. The number of hydrogen-bond acceptors (Lipinski definition) is 5. The van der Waals surface area contributed by atoms with E-state index >= 15 is 0 Å². The van der Waals surface area contributed by atoms with Gasteiger partial charge in [0.25, 0.3) is 5.91 Å². The summed E-state index contributed by atoms with van der Waals surface area (Å²) in [6.07, 6.45) is 9.03. The van der Waals surface area contributed by atoms with Crippen LogP contribution >= 0.6 is 0 Å². The highest BCUT2D eigenvalue weighted by atomic mass is 16.3. The number of nitrogens with one attached hydrogen (secondary N) is 1. The quantitative estimate of drug-likeness (QED) is 0.312. The molecule has 39 heavy (non-hydrogen) atoms. The molecule has 0 saturated heterocycles. The third kappa shape index (κ3) is 4.44. The number of hydrogen-bond donors (Lipinski definition) is 4. The lowest BCUT2D eigenvalue weighted by molar-refractivity contribution is -0.174. The Kier molecular flexibility index (Phi) is 6.90. The molecular weight excluding hydrogens is 490 g/mol. The number of carbonyl (C=O) groups excluding carboxylic acids is 1. The number of aliphatic hydroxyl groups excluding tert-OH is 2. The van der Waals surface area contributed by atoms with Crippen LogP contribution in [0.1, 0.15) is 85.0 Å². The minimum absolute atomic E-state index is 0.0730. The normalized spacial score (nSPS) is 40.8. The van der Waals surface area contributed by atoms with Crippen LogP contribution in [0.2, 0.25) is 0 Å². The van der Waals surface area contributed by atoms with Crippen molar-refractivity contribution in [2.75, 3.05) is 0 Å². The lowest BCUT2D eigenvalue weighted by Crippen LogP contribution is -2.58. The average Bonchev–Trinajstić information content (AvgIpc) is 3.42. The summed E-state index contributed by atoms with van der Waals surface area (Å²) < 4.78 is 0. The first-order valence-electron chi connectivity index (χ1n) is 15.2. The van der Waals surface area contributed by atoms with Crippen LogP contribution in [-0.2, 0) is 4.79 Å². The zero-order valence-electron chi connectivity index (χ0n) is 23.6. The summed E-state index contributed by atoms with van der Waals surface area (Å²) in [6, 6.07) is 7.44. The van der Waals surface area contributed by atoms with E-state index in [0.717, 1.165) is 49.4 Å². The number of nitrogens with zero attached hydrogens (tertiary/aromatic N) is 2. The maximum atomic E-state index is 12.7. The van der Waals surface area contributed by atoms with Gasteiger partial charge in [-0.1, -0.05) is 39.0 Å². The van der Waals surface area contributed by atoms with Gasteiger partial charge in [-0.05, 0) is 110 Å². The lowest BCUT2D eigenvalue weighted by atomic mass is 9.43. The molecular formula is C32H45N3O4. The highest BCUT2D eigenvalue weighted by Gasteiger charge is 2.62. The lowest BCUT2D eigenvalue weighted by Gasteiger charge is -2.62. The number of H-pyrrole nitrogens is 1. The van der Waals surface area contributed by atoms with Gasteiger partial charge in [-0.15, -0.1) is 10.2 Å². The largest absolute Gasteiger partial charge is 0.493 e. The van der Waals surface area contributed by atoms with Crippen molar-refractivity contribution in [3.63, 3.8) is 0 Å². The second-order valence-electron chi connectivity index (χ2n) is 13.9. The number of aromatic hydroxyl groups is 1. The van der Waals surface area contributed by atoms with Crippen LogP contribution < -0.4 is 0 Å². The highest BCUT2D eigenvalue weighted by molar-refractivity contribution is 5.94. The number of aromatic amines is 1.